The van der Waals surface area contributed by atoms with Crippen LogP contribution >= 0.6 is 0 Å². The van der Waals surface area contributed by atoms with Crippen LogP contribution in [-0.4, -0.2) is 77.9 Å². The van der Waals surface area contributed by atoms with Gasteiger partial charge in [0.1, 0.15) is 11.8 Å². The molecule has 2 aliphatic rings. The number of hydrogen-bond donors (Lipinski definition) is 1. The molecule has 1 aromatic carbocycles. The van der Waals surface area contributed by atoms with Crippen molar-refractivity contribution in [3.05, 3.63) is 59.3 Å². The molecule has 40 heavy (non-hydrogen) atoms. The summed E-state index contributed by atoms with van der Waals surface area (Å²) in [7, 11) is -4.18. The van der Waals surface area contributed by atoms with Gasteiger partial charge in [0.2, 0.25) is 11.8 Å². The summed E-state index contributed by atoms with van der Waals surface area (Å²) in [6, 6.07) is 12.1. The minimum absolute atomic E-state index is 0.0628. The molecule has 0 spiro atoms. The average Bonchev–Trinajstić information content (AvgIpc) is 3.08. The number of benzene rings is 1. The maximum Gasteiger partial charge on any atom is 0.281 e. The number of carbonyl (C=O) groups excluding carboxylic acids is 1. The molecule has 1 atom stereocenters. The van der Waals surface area contributed by atoms with Gasteiger partial charge in [0.25, 0.3) is 15.9 Å². The molecule has 2 aliphatic heterocycles. The van der Waals surface area contributed by atoms with Crippen molar-refractivity contribution in [3.8, 4) is 17.1 Å². The second kappa shape index (κ2) is 10.8. The number of rotatable bonds is 3. The van der Waals surface area contributed by atoms with Gasteiger partial charge in [-0.15, -0.1) is 0 Å². The van der Waals surface area contributed by atoms with E-state index in [0.717, 1.165) is 29.7 Å². The van der Waals surface area contributed by atoms with Gasteiger partial charge in [0.15, 0.2) is 5.03 Å². The molecule has 4 heterocycles. The van der Waals surface area contributed by atoms with Crippen LogP contribution in [0.1, 0.15) is 48.8 Å². The molecule has 5 rings (SSSR count). The van der Waals surface area contributed by atoms with Crippen molar-refractivity contribution < 1.29 is 17.9 Å². The first kappa shape index (κ1) is 28.0. The molecule has 0 aliphatic carbocycles. The molecular formula is C29H36N6O4S. The number of sulfonamides is 1. The van der Waals surface area contributed by atoms with Gasteiger partial charge >= 0.3 is 0 Å². The Morgan fingerprint density at radius 1 is 0.975 bits per heavy atom. The first-order valence-electron chi connectivity index (χ1n) is 13.5. The maximum absolute atomic E-state index is 13.6. The van der Waals surface area contributed by atoms with Gasteiger partial charge in [-0.25, -0.2) is 14.7 Å². The number of pyridine rings is 1. The van der Waals surface area contributed by atoms with Gasteiger partial charge in [-0.2, -0.15) is 13.4 Å². The minimum Gasteiger partial charge on any atom is -0.471 e. The Labute approximate surface area is 235 Å². The molecular weight excluding hydrogens is 528 g/mol. The largest absolute Gasteiger partial charge is 0.471 e. The van der Waals surface area contributed by atoms with E-state index in [1.54, 1.807) is 11.0 Å². The third kappa shape index (κ3) is 6.26. The van der Waals surface area contributed by atoms with Gasteiger partial charge in [0.05, 0.1) is 12.2 Å². The summed E-state index contributed by atoms with van der Waals surface area (Å²) in [6.07, 6.45) is 0.591. The Kier molecular flexibility index (Phi) is 7.54. The van der Waals surface area contributed by atoms with E-state index in [1.807, 2.05) is 32.0 Å². The van der Waals surface area contributed by atoms with E-state index in [-0.39, 0.29) is 33.9 Å². The zero-order valence-electron chi connectivity index (χ0n) is 23.6. The minimum atomic E-state index is -4.18. The lowest BCUT2D eigenvalue weighted by molar-refractivity contribution is 0.0684. The van der Waals surface area contributed by atoms with E-state index in [4.69, 9.17) is 4.74 Å². The van der Waals surface area contributed by atoms with Crippen LogP contribution in [0.4, 0.5) is 5.95 Å². The van der Waals surface area contributed by atoms with Gasteiger partial charge < -0.3 is 9.64 Å². The van der Waals surface area contributed by atoms with Crippen LogP contribution in [0.3, 0.4) is 0 Å². The van der Waals surface area contributed by atoms with Crippen LogP contribution in [-0.2, 0) is 10.0 Å². The molecule has 1 N–H and O–H groups in total. The number of nitrogens with one attached hydrogen (secondary N) is 1. The Hall–Kier alpha value is -3.57. The van der Waals surface area contributed by atoms with E-state index < -0.39 is 16.1 Å². The highest BCUT2D eigenvalue weighted by Crippen LogP contribution is 2.30. The normalized spacial score (nSPS) is 19.4. The standard InChI is InChI=1S/C29H36N6O4S/c1-19-8-6-9-20(2)26(19)23-16-24-32-28(31-23)33-40(37,38)25-11-7-10-22(30-25)27(36)35-15-14-34(13-12-29(3,4)5)17-21(18-35)39-24/h6-11,16,21H,12-15,17-18H2,1-5H3,(H,31,32,33). The first-order valence-corrected chi connectivity index (χ1v) is 15.0. The second-order valence-corrected chi connectivity index (χ2v) is 13.4. The van der Waals surface area contributed by atoms with E-state index in [9.17, 15) is 13.2 Å². The van der Waals surface area contributed by atoms with E-state index in [2.05, 4.69) is 45.3 Å². The molecule has 3 aromatic rings. The van der Waals surface area contributed by atoms with Crippen LogP contribution in [0.5, 0.6) is 5.88 Å². The molecule has 212 valence electrons. The Bertz CT molecular complexity index is 1520. The fourth-order valence-corrected chi connectivity index (χ4v) is 5.97. The highest BCUT2D eigenvalue weighted by molar-refractivity contribution is 7.92. The van der Waals surface area contributed by atoms with Crippen LogP contribution in [0.15, 0.2) is 47.5 Å². The van der Waals surface area contributed by atoms with Gasteiger partial charge in [-0.05, 0) is 55.5 Å². The summed E-state index contributed by atoms with van der Waals surface area (Å²) in [6.45, 7) is 13.5. The van der Waals surface area contributed by atoms with Crippen molar-refractivity contribution in [2.24, 2.45) is 5.41 Å². The SMILES string of the molecule is Cc1cccc(C)c1-c1cc2nc(n1)NS(=O)(=O)c1cccc(n1)C(=O)N1CCN(CCC(C)(C)C)CC(C1)O2. The number of anilines is 1. The van der Waals surface area contributed by atoms with E-state index in [1.165, 1.54) is 18.2 Å². The Morgan fingerprint density at radius 3 is 2.42 bits per heavy atom. The number of carbonyl (C=O) groups is 1. The van der Waals surface area contributed by atoms with Crippen molar-refractivity contribution in [2.45, 2.75) is 52.2 Å². The summed E-state index contributed by atoms with van der Waals surface area (Å²) in [5.74, 6) is -0.223. The van der Waals surface area contributed by atoms with Crippen LogP contribution in [0.2, 0.25) is 0 Å². The van der Waals surface area contributed by atoms with Crippen molar-refractivity contribution in [1.29, 1.82) is 0 Å². The monoisotopic (exact) mass is 564 g/mol. The lowest BCUT2D eigenvalue weighted by Gasteiger charge is -2.27. The Balaban J connectivity index is 1.62. The molecule has 6 bridgehead atoms. The number of aryl methyl sites for hydroxylation is 2. The lowest BCUT2D eigenvalue weighted by Crippen LogP contribution is -2.41. The van der Waals surface area contributed by atoms with Crippen LogP contribution < -0.4 is 9.46 Å². The third-order valence-corrected chi connectivity index (χ3v) is 8.44. The Morgan fingerprint density at radius 2 is 1.70 bits per heavy atom. The fraction of sp³-hybridized carbons (Fsp3) is 0.448. The summed E-state index contributed by atoms with van der Waals surface area (Å²) >= 11 is 0. The maximum atomic E-state index is 13.6. The molecule has 1 saturated heterocycles. The molecule has 1 unspecified atom stereocenters. The second-order valence-electron chi connectivity index (χ2n) is 11.8. The van der Waals surface area contributed by atoms with Crippen molar-refractivity contribution in [1.82, 2.24) is 24.8 Å². The molecule has 11 heteroatoms. The van der Waals surface area contributed by atoms with Crippen molar-refractivity contribution >= 4 is 21.9 Å². The quantitative estimate of drug-likeness (QED) is 0.509. The predicted octanol–water partition coefficient (Wildman–Crippen LogP) is 3.91. The summed E-state index contributed by atoms with van der Waals surface area (Å²) in [4.78, 5) is 30.8. The molecule has 0 radical (unpaired) electrons. The zero-order chi connectivity index (χ0) is 28.7. The number of amides is 1. The van der Waals surface area contributed by atoms with Gasteiger partial charge in [-0.3, -0.25) is 9.69 Å². The molecule has 1 amide bonds. The highest BCUT2D eigenvalue weighted by Gasteiger charge is 2.31. The summed E-state index contributed by atoms with van der Waals surface area (Å²) < 4.78 is 35.5. The number of fused-ring (bicyclic) bond motifs is 6. The molecule has 10 nitrogen and oxygen atoms in total. The number of ether oxygens (including phenoxy) is 1. The predicted molar refractivity (Wildman–Crippen MR) is 153 cm³/mol. The van der Waals surface area contributed by atoms with Gasteiger partial charge in [-0.1, -0.05) is 45.0 Å². The number of hydrogen-bond acceptors (Lipinski definition) is 8. The summed E-state index contributed by atoms with van der Waals surface area (Å²) in [5.41, 5.74) is 3.63. The molecule has 1 fully saturated rings. The first-order chi connectivity index (χ1) is 18.9. The average molecular weight is 565 g/mol. The number of nitrogens with zero attached hydrogens (tertiary/aromatic N) is 5. The molecule has 0 saturated carbocycles. The van der Waals surface area contributed by atoms with E-state index >= 15 is 0 Å². The smallest absolute Gasteiger partial charge is 0.281 e. The van der Waals surface area contributed by atoms with Gasteiger partial charge in [0, 0.05) is 31.3 Å². The van der Waals surface area contributed by atoms with E-state index in [0.29, 0.717) is 31.9 Å². The third-order valence-electron chi connectivity index (χ3n) is 7.21. The number of aromatic nitrogens is 3. The fourth-order valence-electron chi connectivity index (χ4n) is 5.06. The van der Waals surface area contributed by atoms with Crippen molar-refractivity contribution in [3.63, 3.8) is 0 Å². The summed E-state index contributed by atoms with van der Waals surface area (Å²) in [5, 5.41) is -0.278. The lowest BCUT2D eigenvalue weighted by atomic mass is 9.92. The van der Waals surface area contributed by atoms with Crippen molar-refractivity contribution in [2.75, 3.05) is 37.4 Å². The molecule has 2 aromatic heterocycles. The van der Waals surface area contributed by atoms with Crippen LogP contribution in [0, 0.1) is 19.3 Å². The van der Waals surface area contributed by atoms with Crippen LogP contribution in [0.25, 0.3) is 11.3 Å². The zero-order valence-corrected chi connectivity index (χ0v) is 24.5. The highest BCUT2D eigenvalue weighted by atomic mass is 32.2. The topological polar surface area (TPSA) is 118 Å².